The predicted octanol–water partition coefficient (Wildman–Crippen LogP) is 7.73. The Bertz CT molecular complexity index is 603. The van der Waals surface area contributed by atoms with Crippen molar-refractivity contribution in [3.8, 4) is 0 Å². The molecule has 4 aliphatic carbocycles. The molecule has 4 fully saturated rings. The van der Waals surface area contributed by atoms with Crippen molar-refractivity contribution in [1.82, 2.24) is 0 Å². The minimum Gasteiger partial charge on any atom is -0.465 e. The summed E-state index contributed by atoms with van der Waals surface area (Å²) < 4.78 is 11.8. The zero-order chi connectivity index (χ0) is 24.6. The van der Waals surface area contributed by atoms with Gasteiger partial charge in [0.05, 0.1) is 25.0 Å². The van der Waals surface area contributed by atoms with Crippen LogP contribution in [-0.2, 0) is 19.1 Å². The maximum absolute atomic E-state index is 13.2. The average molecular weight is 489 g/mol. The lowest BCUT2D eigenvalue weighted by Gasteiger charge is -2.31. The maximum atomic E-state index is 13.2. The Morgan fingerprint density at radius 2 is 0.943 bits per heavy atom. The topological polar surface area (TPSA) is 52.6 Å². The molecule has 35 heavy (non-hydrogen) atoms. The molecule has 0 amide bonds. The number of esters is 2. The van der Waals surface area contributed by atoms with Crippen molar-refractivity contribution in [1.29, 1.82) is 0 Å². The number of rotatable bonds is 12. The number of ether oxygens (including phenoxy) is 2. The van der Waals surface area contributed by atoms with Gasteiger partial charge in [-0.3, -0.25) is 9.59 Å². The summed E-state index contributed by atoms with van der Waals surface area (Å²) in [7, 11) is 0. The van der Waals surface area contributed by atoms with Gasteiger partial charge in [-0.15, -0.1) is 0 Å². The van der Waals surface area contributed by atoms with Crippen LogP contribution in [0.2, 0.25) is 0 Å². The van der Waals surface area contributed by atoms with E-state index in [0.29, 0.717) is 36.9 Å². The van der Waals surface area contributed by atoms with Gasteiger partial charge in [-0.25, -0.2) is 0 Å². The van der Waals surface area contributed by atoms with Gasteiger partial charge in [0.1, 0.15) is 0 Å². The molecule has 4 saturated carbocycles. The highest BCUT2D eigenvalue weighted by atomic mass is 16.5. The van der Waals surface area contributed by atoms with Crippen LogP contribution in [0.15, 0.2) is 0 Å². The van der Waals surface area contributed by atoms with Crippen molar-refractivity contribution < 1.29 is 19.1 Å². The quantitative estimate of drug-likeness (QED) is 0.264. The smallest absolute Gasteiger partial charge is 0.310 e. The molecule has 4 atom stereocenters. The molecule has 0 saturated heterocycles. The van der Waals surface area contributed by atoms with E-state index in [2.05, 4.69) is 13.8 Å². The molecule has 0 aromatic carbocycles. The zero-order valence-corrected chi connectivity index (χ0v) is 22.7. The van der Waals surface area contributed by atoms with Crippen molar-refractivity contribution >= 4 is 11.9 Å². The van der Waals surface area contributed by atoms with Gasteiger partial charge >= 0.3 is 11.9 Å². The molecule has 4 heteroatoms. The second-order valence-corrected chi connectivity index (χ2v) is 12.7. The van der Waals surface area contributed by atoms with Gasteiger partial charge in [-0.2, -0.15) is 0 Å². The first kappa shape index (κ1) is 27.0. The number of fused-ring (bicyclic) bond motifs is 2. The summed E-state index contributed by atoms with van der Waals surface area (Å²) in [6.45, 7) is 5.64. The van der Waals surface area contributed by atoms with Crippen LogP contribution >= 0.6 is 0 Å². The van der Waals surface area contributed by atoms with E-state index in [0.717, 1.165) is 31.1 Å². The molecule has 0 aromatic heterocycles. The number of carbonyl (C=O) groups is 2. The summed E-state index contributed by atoms with van der Waals surface area (Å²) in [5.74, 6) is 2.68. The Labute approximate surface area is 214 Å². The average Bonchev–Trinajstić information content (AvgIpc) is 3.51. The van der Waals surface area contributed by atoms with Crippen molar-refractivity contribution in [3.63, 3.8) is 0 Å². The molecule has 0 radical (unpaired) electrons. The highest BCUT2D eigenvalue weighted by Crippen LogP contribution is 2.53. The van der Waals surface area contributed by atoms with Crippen LogP contribution in [0.25, 0.3) is 0 Å². The fraction of sp³-hybridized carbons (Fsp3) is 0.935. The van der Waals surface area contributed by atoms with Crippen LogP contribution in [0.3, 0.4) is 0 Å². The lowest BCUT2D eigenvalue weighted by molar-refractivity contribution is -0.165. The van der Waals surface area contributed by atoms with Gasteiger partial charge in [0.15, 0.2) is 0 Å². The van der Waals surface area contributed by atoms with Crippen molar-refractivity contribution in [2.75, 3.05) is 13.2 Å². The Kier molecular flexibility index (Phi) is 10.4. The van der Waals surface area contributed by atoms with Gasteiger partial charge < -0.3 is 9.47 Å². The van der Waals surface area contributed by atoms with Crippen LogP contribution in [0.5, 0.6) is 0 Å². The van der Waals surface area contributed by atoms with Gasteiger partial charge in [0.25, 0.3) is 0 Å². The summed E-state index contributed by atoms with van der Waals surface area (Å²) in [4.78, 5) is 26.4. The number of carbonyl (C=O) groups excluding carboxylic acids is 2. The number of hydrogen-bond donors (Lipinski definition) is 0. The number of hydrogen-bond acceptors (Lipinski definition) is 4. The van der Waals surface area contributed by atoms with E-state index in [-0.39, 0.29) is 23.8 Å². The zero-order valence-electron chi connectivity index (χ0n) is 22.7. The molecular weight excluding hydrogens is 436 g/mol. The SMILES string of the molecule is CCCCC1CCC(COC(=O)C2C3CCC(C3)C2C(=O)OCC2CCC(CCCC)CC2)CC1. The molecule has 200 valence electrons. The molecule has 4 aliphatic rings. The van der Waals surface area contributed by atoms with Crippen molar-refractivity contribution in [2.24, 2.45) is 47.3 Å². The molecule has 0 heterocycles. The van der Waals surface area contributed by atoms with E-state index in [9.17, 15) is 9.59 Å². The van der Waals surface area contributed by atoms with Crippen LogP contribution < -0.4 is 0 Å². The van der Waals surface area contributed by atoms with Crippen molar-refractivity contribution in [2.45, 2.75) is 123 Å². The summed E-state index contributed by atoms with van der Waals surface area (Å²) >= 11 is 0. The molecule has 4 unspecified atom stereocenters. The lowest BCUT2D eigenvalue weighted by atomic mass is 9.78. The van der Waals surface area contributed by atoms with E-state index >= 15 is 0 Å². The second-order valence-electron chi connectivity index (χ2n) is 12.7. The largest absolute Gasteiger partial charge is 0.465 e. The Balaban J connectivity index is 1.20. The van der Waals surface area contributed by atoms with Crippen molar-refractivity contribution in [3.05, 3.63) is 0 Å². The van der Waals surface area contributed by atoms with Crippen LogP contribution in [0.4, 0.5) is 0 Å². The summed E-state index contributed by atoms with van der Waals surface area (Å²) in [6, 6.07) is 0. The number of unbranched alkanes of at least 4 members (excludes halogenated alkanes) is 2. The molecule has 2 bridgehead atoms. The standard InChI is InChI=1S/C31H52O4/c1-3-5-7-22-9-13-24(14-10-22)20-34-30(32)28-26-17-18-27(19-26)29(28)31(33)35-21-25-15-11-23(12-16-25)8-6-4-2/h22-29H,3-21H2,1-2H3. The lowest BCUT2D eigenvalue weighted by Crippen LogP contribution is -2.38. The minimum absolute atomic E-state index is 0.108. The molecule has 0 aromatic rings. The molecule has 4 rings (SSSR count). The highest BCUT2D eigenvalue weighted by Gasteiger charge is 2.55. The first-order valence-corrected chi connectivity index (χ1v) is 15.4. The van der Waals surface area contributed by atoms with Crippen LogP contribution in [0.1, 0.15) is 123 Å². The third kappa shape index (κ3) is 7.25. The normalized spacial score (nSPS) is 36.7. The van der Waals surface area contributed by atoms with Crippen LogP contribution in [-0.4, -0.2) is 25.2 Å². The molecule has 0 N–H and O–H groups in total. The first-order chi connectivity index (χ1) is 17.1. The van der Waals surface area contributed by atoms with Crippen LogP contribution in [0, 0.1) is 47.3 Å². The van der Waals surface area contributed by atoms with Gasteiger partial charge in [0.2, 0.25) is 0 Å². The Morgan fingerprint density at radius 3 is 1.31 bits per heavy atom. The van der Waals surface area contributed by atoms with Gasteiger partial charge in [-0.05, 0) is 80.5 Å². The fourth-order valence-electron chi connectivity index (χ4n) is 7.92. The third-order valence-electron chi connectivity index (χ3n) is 10.2. The maximum Gasteiger partial charge on any atom is 0.310 e. The van der Waals surface area contributed by atoms with E-state index < -0.39 is 0 Å². The summed E-state index contributed by atoms with van der Waals surface area (Å²) in [5, 5.41) is 0. The minimum atomic E-state index is -0.257. The van der Waals surface area contributed by atoms with E-state index in [1.807, 2.05) is 0 Å². The summed E-state index contributed by atoms with van der Waals surface area (Å²) in [5.41, 5.74) is 0. The van der Waals surface area contributed by atoms with E-state index in [4.69, 9.17) is 9.47 Å². The van der Waals surface area contributed by atoms with E-state index in [1.165, 1.54) is 89.9 Å². The monoisotopic (exact) mass is 488 g/mol. The highest BCUT2D eigenvalue weighted by molar-refractivity contribution is 5.83. The first-order valence-electron chi connectivity index (χ1n) is 15.4. The molecule has 4 nitrogen and oxygen atoms in total. The Morgan fingerprint density at radius 1 is 0.571 bits per heavy atom. The van der Waals surface area contributed by atoms with E-state index in [1.54, 1.807) is 0 Å². The summed E-state index contributed by atoms with van der Waals surface area (Å²) in [6.07, 6.45) is 21.0. The van der Waals surface area contributed by atoms with Gasteiger partial charge in [0, 0.05) is 0 Å². The molecule has 0 aliphatic heterocycles. The van der Waals surface area contributed by atoms with Gasteiger partial charge in [-0.1, -0.05) is 78.1 Å². The Hall–Kier alpha value is -1.06. The fourth-order valence-corrected chi connectivity index (χ4v) is 7.92. The predicted molar refractivity (Wildman–Crippen MR) is 140 cm³/mol. The molecule has 0 spiro atoms. The second kappa shape index (κ2) is 13.5. The third-order valence-corrected chi connectivity index (χ3v) is 10.2. The molecular formula is C31H52O4.